The first-order chi connectivity index (χ1) is 10.3. The molecule has 2 heterocycles. The quantitative estimate of drug-likeness (QED) is 0.918. The Morgan fingerprint density at radius 1 is 1.41 bits per heavy atom. The van der Waals surface area contributed by atoms with E-state index < -0.39 is 6.10 Å². The molecule has 0 bridgehead atoms. The van der Waals surface area contributed by atoms with E-state index in [1.54, 1.807) is 25.8 Å². The molecule has 1 amide bonds. The number of aliphatic hydroxyl groups is 1. The number of carbonyl (C=O) groups excluding carboxylic acids is 1. The van der Waals surface area contributed by atoms with Crippen molar-refractivity contribution in [1.29, 1.82) is 0 Å². The van der Waals surface area contributed by atoms with E-state index >= 15 is 0 Å². The predicted molar refractivity (Wildman–Crippen MR) is 83.9 cm³/mol. The molecule has 0 radical (unpaired) electrons. The lowest BCUT2D eigenvalue weighted by Gasteiger charge is -2.19. The molecule has 1 atom stereocenters. The van der Waals surface area contributed by atoms with E-state index in [1.807, 2.05) is 19.9 Å². The fraction of sp³-hybridized carbons (Fsp3) is 0.562. The molecule has 0 aliphatic carbocycles. The molecule has 6 nitrogen and oxygen atoms in total. The average Bonchev–Trinajstić information content (AvgIpc) is 2.84. The second kappa shape index (κ2) is 6.44. The van der Waals surface area contributed by atoms with Gasteiger partial charge < -0.3 is 14.5 Å². The van der Waals surface area contributed by atoms with E-state index in [-0.39, 0.29) is 11.8 Å². The molecule has 22 heavy (non-hydrogen) atoms. The Labute approximate surface area is 130 Å². The zero-order valence-corrected chi connectivity index (χ0v) is 13.8. The van der Waals surface area contributed by atoms with Gasteiger partial charge in [-0.3, -0.25) is 4.79 Å². The molecular weight excluding hydrogens is 282 g/mol. The Balaban J connectivity index is 2.43. The van der Waals surface area contributed by atoms with E-state index in [1.165, 1.54) is 0 Å². The Kier molecular flexibility index (Phi) is 4.81. The largest absolute Gasteiger partial charge is 0.393 e. The number of hydrogen-bond acceptors (Lipinski definition) is 5. The third-order valence-corrected chi connectivity index (χ3v) is 3.69. The van der Waals surface area contributed by atoms with Crippen molar-refractivity contribution in [1.82, 2.24) is 15.0 Å². The highest BCUT2D eigenvalue weighted by molar-refractivity contribution is 6.05. The summed E-state index contributed by atoms with van der Waals surface area (Å²) in [7, 11) is 1.73. The number of carbonyl (C=O) groups is 1. The summed E-state index contributed by atoms with van der Waals surface area (Å²) in [5.41, 5.74) is 2.41. The molecule has 1 N–H and O–H groups in total. The van der Waals surface area contributed by atoms with Gasteiger partial charge in [-0.15, -0.1) is 0 Å². The van der Waals surface area contributed by atoms with Gasteiger partial charge in [-0.25, -0.2) is 4.98 Å². The molecule has 0 aromatic carbocycles. The maximum absolute atomic E-state index is 12.7. The molecule has 0 fully saturated rings. The van der Waals surface area contributed by atoms with Crippen molar-refractivity contribution in [3.8, 4) is 0 Å². The first kappa shape index (κ1) is 16.4. The third kappa shape index (κ3) is 3.27. The van der Waals surface area contributed by atoms with Gasteiger partial charge >= 0.3 is 0 Å². The standard InChI is InChI=1S/C16H23N3O3/c1-9(2)13-8-12(14-11(4)18-22-15(14)17-13)16(21)19(5)7-6-10(3)20/h8-10,20H,6-7H2,1-5H3. The summed E-state index contributed by atoms with van der Waals surface area (Å²) >= 11 is 0. The van der Waals surface area contributed by atoms with Gasteiger partial charge in [0.25, 0.3) is 11.6 Å². The van der Waals surface area contributed by atoms with E-state index in [0.29, 0.717) is 35.3 Å². The summed E-state index contributed by atoms with van der Waals surface area (Å²) in [6.45, 7) is 8.03. The van der Waals surface area contributed by atoms with Crippen LogP contribution in [0.25, 0.3) is 11.1 Å². The fourth-order valence-corrected chi connectivity index (χ4v) is 2.27. The Morgan fingerprint density at radius 3 is 2.68 bits per heavy atom. The molecule has 6 heteroatoms. The van der Waals surface area contributed by atoms with Gasteiger partial charge in [-0.1, -0.05) is 19.0 Å². The lowest BCUT2D eigenvalue weighted by Crippen LogP contribution is -2.29. The summed E-state index contributed by atoms with van der Waals surface area (Å²) in [5, 5.41) is 14.0. The number of nitrogens with zero attached hydrogens (tertiary/aromatic N) is 3. The summed E-state index contributed by atoms with van der Waals surface area (Å²) in [6, 6.07) is 1.82. The maximum Gasteiger partial charge on any atom is 0.259 e. The van der Waals surface area contributed by atoms with Gasteiger partial charge in [-0.2, -0.15) is 0 Å². The third-order valence-electron chi connectivity index (χ3n) is 3.69. The highest BCUT2D eigenvalue weighted by Crippen LogP contribution is 2.26. The summed E-state index contributed by atoms with van der Waals surface area (Å²) in [4.78, 5) is 18.8. The Morgan fingerprint density at radius 2 is 2.09 bits per heavy atom. The number of amides is 1. The average molecular weight is 305 g/mol. The molecule has 1 unspecified atom stereocenters. The Bertz CT molecular complexity index is 677. The summed E-state index contributed by atoms with van der Waals surface area (Å²) in [6.07, 6.45) is 0.104. The molecule has 0 aliphatic heterocycles. The van der Waals surface area contributed by atoms with Crippen molar-refractivity contribution >= 4 is 17.0 Å². The van der Waals surface area contributed by atoms with Crippen LogP contribution in [0, 0.1) is 6.92 Å². The second-order valence-electron chi connectivity index (χ2n) is 6.06. The smallest absolute Gasteiger partial charge is 0.259 e. The van der Waals surface area contributed by atoms with Crippen molar-refractivity contribution in [3.63, 3.8) is 0 Å². The number of rotatable bonds is 5. The van der Waals surface area contributed by atoms with Crippen molar-refractivity contribution < 1.29 is 14.4 Å². The first-order valence-corrected chi connectivity index (χ1v) is 7.51. The van der Waals surface area contributed by atoms with E-state index in [9.17, 15) is 9.90 Å². The van der Waals surface area contributed by atoms with Crippen molar-refractivity contribution in [2.24, 2.45) is 0 Å². The van der Waals surface area contributed by atoms with Crippen molar-refractivity contribution in [3.05, 3.63) is 23.0 Å². The van der Waals surface area contributed by atoms with Gasteiger partial charge in [0.15, 0.2) is 0 Å². The van der Waals surface area contributed by atoms with Crippen LogP contribution in [0.3, 0.4) is 0 Å². The van der Waals surface area contributed by atoms with Gasteiger partial charge in [0.1, 0.15) is 0 Å². The van der Waals surface area contributed by atoms with Gasteiger partial charge in [0.2, 0.25) is 0 Å². The van der Waals surface area contributed by atoms with Crippen LogP contribution < -0.4 is 0 Å². The molecular formula is C16H23N3O3. The highest BCUT2D eigenvalue weighted by atomic mass is 16.5. The van der Waals surface area contributed by atoms with Crippen LogP contribution in [0.5, 0.6) is 0 Å². The number of fused-ring (bicyclic) bond motifs is 1. The van der Waals surface area contributed by atoms with E-state index in [4.69, 9.17) is 4.52 Å². The molecule has 2 rings (SSSR count). The monoisotopic (exact) mass is 305 g/mol. The van der Waals surface area contributed by atoms with E-state index in [0.717, 1.165) is 5.69 Å². The summed E-state index contributed by atoms with van der Waals surface area (Å²) < 4.78 is 5.24. The lowest BCUT2D eigenvalue weighted by atomic mass is 10.0. The van der Waals surface area contributed by atoms with Crippen LogP contribution in [-0.2, 0) is 0 Å². The molecule has 0 saturated heterocycles. The zero-order valence-electron chi connectivity index (χ0n) is 13.8. The maximum atomic E-state index is 12.7. The minimum absolute atomic E-state index is 0.110. The van der Waals surface area contributed by atoms with E-state index in [2.05, 4.69) is 10.1 Å². The van der Waals surface area contributed by atoms with Crippen LogP contribution in [0.1, 0.15) is 54.9 Å². The summed E-state index contributed by atoms with van der Waals surface area (Å²) in [5.74, 6) is 0.0744. The number of pyridine rings is 1. The normalized spacial score (nSPS) is 12.9. The SMILES string of the molecule is Cc1noc2nc(C(C)C)cc(C(=O)N(C)CCC(C)O)c12. The van der Waals surface area contributed by atoms with Gasteiger partial charge in [0.05, 0.1) is 22.7 Å². The minimum Gasteiger partial charge on any atom is -0.393 e. The fourth-order valence-electron chi connectivity index (χ4n) is 2.27. The molecule has 120 valence electrons. The first-order valence-electron chi connectivity index (χ1n) is 7.51. The van der Waals surface area contributed by atoms with Crippen molar-refractivity contribution in [2.45, 2.75) is 46.1 Å². The topological polar surface area (TPSA) is 79.5 Å². The highest BCUT2D eigenvalue weighted by Gasteiger charge is 2.22. The molecule has 2 aromatic rings. The van der Waals surface area contributed by atoms with Crippen LogP contribution in [0.4, 0.5) is 0 Å². The minimum atomic E-state index is -0.434. The Hall–Kier alpha value is -1.95. The molecule has 2 aromatic heterocycles. The number of aryl methyl sites for hydroxylation is 1. The van der Waals surface area contributed by atoms with Crippen LogP contribution in [0.2, 0.25) is 0 Å². The zero-order chi connectivity index (χ0) is 16.4. The number of aromatic nitrogens is 2. The number of hydrogen-bond donors (Lipinski definition) is 1. The molecule has 0 saturated carbocycles. The van der Waals surface area contributed by atoms with Crippen molar-refractivity contribution in [2.75, 3.05) is 13.6 Å². The lowest BCUT2D eigenvalue weighted by molar-refractivity contribution is 0.0770. The van der Waals surface area contributed by atoms with Gasteiger partial charge in [0, 0.05) is 19.3 Å². The predicted octanol–water partition coefficient (Wildman–Crippen LogP) is 2.50. The van der Waals surface area contributed by atoms with Crippen LogP contribution in [-0.4, -0.2) is 45.8 Å². The second-order valence-corrected chi connectivity index (χ2v) is 6.06. The number of aliphatic hydroxyl groups excluding tert-OH is 1. The van der Waals surface area contributed by atoms with Gasteiger partial charge in [-0.05, 0) is 32.3 Å². The van der Waals surface area contributed by atoms with Crippen LogP contribution >= 0.6 is 0 Å². The van der Waals surface area contributed by atoms with Crippen LogP contribution in [0.15, 0.2) is 10.6 Å². The molecule has 0 spiro atoms. The molecule has 0 aliphatic rings.